The van der Waals surface area contributed by atoms with Crippen molar-refractivity contribution in [2.24, 2.45) is 0 Å². The molecule has 2 atom stereocenters. The topological polar surface area (TPSA) is 73.2 Å². The fourth-order valence-electron chi connectivity index (χ4n) is 4.01. The zero-order chi connectivity index (χ0) is 22.4. The van der Waals surface area contributed by atoms with Gasteiger partial charge in [-0.15, -0.1) is 0 Å². The van der Waals surface area contributed by atoms with Crippen molar-refractivity contribution in [3.63, 3.8) is 0 Å². The van der Waals surface area contributed by atoms with Gasteiger partial charge in [0.15, 0.2) is 0 Å². The Bertz CT molecular complexity index is 868. The standard InChI is InChI=1S/C25H34N2O4/c1-18-4-5-20(14-19(18)2)15-25(30)26(3)24(17-27-11-10-22(29)16-27)21-6-8-23(9-7-21)31-13-12-28/h4-9,14,22,24,28-29H,10-13,15-17H2,1-3H3/t22-,24+/m0/s1. The van der Waals surface area contributed by atoms with E-state index in [-0.39, 0.29) is 31.3 Å². The van der Waals surface area contributed by atoms with Gasteiger partial charge in [0.1, 0.15) is 12.4 Å². The number of β-amino-alcohol motifs (C(OH)–C–C–N with tert-alkyl or cyclic N) is 1. The van der Waals surface area contributed by atoms with Crippen LogP contribution in [0.3, 0.4) is 0 Å². The van der Waals surface area contributed by atoms with Gasteiger partial charge in [-0.2, -0.15) is 0 Å². The number of benzene rings is 2. The lowest BCUT2D eigenvalue weighted by Crippen LogP contribution is -2.39. The average molecular weight is 427 g/mol. The first kappa shape index (κ1) is 23.3. The van der Waals surface area contributed by atoms with Gasteiger partial charge in [-0.05, 0) is 54.7 Å². The maximum Gasteiger partial charge on any atom is 0.227 e. The minimum Gasteiger partial charge on any atom is -0.491 e. The van der Waals surface area contributed by atoms with Crippen LogP contribution in [0.25, 0.3) is 0 Å². The van der Waals surface area contributed by atoms with Crippen LogP contribution in [0.4, 0.5) is 0 Å². The van der Waals surface area contributed by atoms with E-state index in [1.165, 1.54) is 11.1 Å². The molecule has 0 aliphatic carbocycles. The fourth-order valence-corrected chi connectivity index (χ4v) is 4.01. The van der Waals surface area contributed by atoms with Crippen molar-refractivity contribution in [3.8, 4) is 5.75 Å². The number of hydrogen-bond donors (Lipinski definition) is 2. The number of aliphatic hydroxyl groups is 2. The molecule has 6 heteroatoms. The minimum atomic E-state index is -0.300. The van der Waals surface area contributed by atoms with Gasteiger partial charge >= 0.3 is 0 Å². The third-order valence-electron chi connectivity index (χ3n) is 6.09. The van der Waals surface area contributed by atoms with E-state index in [0.29, 0.717) is 25.3 Å². The molecule has 1 fully saturated rings. The summed E-state index contributed by atoms with van der Waals surface area (Å²) in [6.07, 6.45) is 0.821. The molecule has 0 aromatic heterocycles. The summed E-state index contributed by atoms with van der Waals surface area (Å²) in [7, 11) is 1.86. The van der Waals surface area contributed by atoms with Crippen molar-refractivity contribution in [1.82, 2.24) is 9.80 Å². The molecule has 2 N–H and O–H groups in total. The number of aryl methyl sites for hydroxylation is 2. The SMILES string of the molecule is Cc1ccc(CC(=O)N(C)[C@H](CN2CC[C@H](O)C2)c2ccc(OCCO)cc2)cc1C. The molecule has 6 nitrogen and oxygen atoms in total. The molecular formula is C25H34N2O4. The van der Waals surface area contributed by atoms with Crippen LogP contribution in [0.15, 0.2) is 42.5 Å². The quantitative estimate of drug-likeness (QED) is 0.645. The molecule has 1 heterocycles. The number of hydrogen-bond acceptors (Lipinski definition) is 5. The second-order valence-corrected chi connectivity index (χ2v) is 8.46. The van der Waals surface area contributed by atoms with Crippen molar-refractivity contribution in [1.29, 1.82) is 0 Å². The number of ether oxygens (including phenoxy) is 1. The second-order valence-electron chi connectivity index (χ2n) is 8.46. The van der Waals surface area contributed by atoms with Gasteiger partial charge in [0.2, 0.25) is 5.91 Å². The van der Waals surface area contributed by atoms with Crippen LogP contribution in [-0.2, 0) is 11.2 Å². The summed E-state index contributed by atoms with van der Waals surface area (Å²) in [4.78, 5) is 17.2. The highest BCUT2D eigenvalue weighted by Crippen LogP contribution is 2.26. The van der Waals surface area contributed by atoms with Crippen molar-refractivity contribution >= 4 is 5.91 Å². The lowest BCUT2D eigenvalue weighted by atomic mass is 10.0. The Morgan fingerprint density at radius 1 is 1.19 bits per heavy atom. The van der Waals surface area contributed by atoms with Gasteiger partial charge < -0.3 is 19.8 Å². The summed E-state index contributed by atoms with van der Waals surface area (Å²) >= 11 is 0. The van der Waals surface area contributed by atoms with Crippen molar-refractivity contribution < 1.29 is 19.7 Å². The van der Waals surface area contributed by atoms with Gasteiger partial charge in [0.25, 0.3) is 0 Å². The van der Waals surface area contributed by atoms with Crippen LogP contribution in [-0.4, -0.2) is 71.9 Å². The van der Waals surface area contributed by atoms with E-state index in [1.54, 1.807) is 0 Å². The molecule has 1 aliphatic rings. The van der Waals surface area contributed by atoms with Crippen LogP contribution in [0, 0.1) is 13.8 Å². The van der Waals surface area contributed by atoms with Crippen LogP contribution in [0.2, 0.25) is 0 Å². The van der Waals surface area contributed by atoms with Gasteiger partial charge in [-0.1, -0.05) is 30.3 Å². The highest BCUT2D eigenvalue weighted by Gasteiger charge is 2.28. The van der Waals surface area contributed by atoms with Crippen molar-refractivity contribution in [2.75, 3.05) is 39.9 Å². The van der Waals surface area contributed by atoms with Crippen LogP contribution < -0.4 is 4.74 Å². The highest BCUT2D eigenvalue weighted by molar-refractivity contribution is 5.79. The molecule has 2 aromatic carbocycles. The molecule has 0 radical (unpaired) electrons. The first-order chi connectivity index (χ1) is 14.9. The van der Waals surface area contributed by atoms with E-state index in [2.05, 4.69) is 30.9 Å². The van der Waals surface area contributed by atoms with E-state index in [0.717, 1.165) is 24.1 Å². The summed E-state index contributed by atoms with van der Waals surface area (Å²) in [5, 5.41) is 18.9. The van der Waals surface area contributed by atoms with E-state index in [4.69, 9.17) is 9.84 Å². The number of likely N-dealkylation sites (N-methyl/N-ethyl adjacent to an activating group) is 1. The number of rotatable bonds is 9. The number of amides is 1. The molecule has 1 saturated heterocycles. The fraction of sp³-hybridized carbons (Fsp3) is 0.480. The van der Waals surface area contributed by atoms with Gasteiger partial charge in [-0.3, -0.25) is 9.69 Å². The van der Waals surface area contributed by atoms with Crippen molar-refractivity contribution in [2.45, 2.75) is 38.8 Å². The zero-order valence-electron chi connectivity index (χ0n) is 18.8. The summed E-state index contributed by atoms with van der Waals surface area (Å²) in [5.41, 5.74) is 4.45. The zero-order valence-corrected chi connectivity index (χ0v) is 18.8. The summed E-state index contributed by atoms with van der Waals surface area (Å²) in [6, 6.07) is 13.7. The Morgan fingerprint density at radius 3 is 2.55 bits per heavy atom. The molecule has 168 valence electrons. The predicted molar refractivity (Wildman–Crippen MR) is 121 cm³/mol. The second kappa shape index (κ2) is 10.8. The summed E-state index contributed by atoms with van der Waals surface area (Å²) < 4.78 is 5.47. The number of aliphatic hydroxyl groups excluding tert-OH is 2. The van der Waals surface area contributed by atoms with Gasteiger partial charge in [-0.25, -0.2) is 0 Å². The third kappa shape index (κ3) is 6.29. The van der Waals surface area contributed by atoms with E-state index >= 15 is 0 Å². The molecule has 1 aliphatic heterocycles. The maximum atomic E-state index is 13.2. The Hall–Kier alpha value is -2.41. The molecular weight excluding hydrogens is 392 g/mol. The molecule has 2 aromatic rings. The maximum absolute atomic E-state index is 13.2. The largest absolute Gasteiger partial charge is 0.491 e. The number of nitrogens with zero attached hydrogens (tertiary/aromatic N) is 2. The monoisotopic (exact) mass is 426 g/mol. The lowest BCUT2D eigenvalue weighted by molar-refractivity contribution is -0.131. The number of likely N-dealkylation sites (tertiary alicyclic amines) is 1. The Kier molecular flexibility index (Phi) is 8.07. The van der Waals surface area contributed by atoms with Gasteiger partial charge in [0.05, 0.1) is 25.2 Å². The van der Waals surface area contributed by atoms with Crippen molar-refractivity contribution in [3.05, 3.63) is 64.7 Å². The van der Waals surface area contributed by atoms with Crippen LogP contribution >= 0.6 is 0 Å². The Balaban J connectivity index is 1.77. The minimum absolute atomic E-state index is 0.0304. The molecule has 0 bridgehead atoms. The molecule has 0 saturated carbocycles. The van der Waals surface area contributed by atoms with E-state index in [1.807, 2.05) is 42.3 Å². The Morgan fingerprint density at radius 2 is 1.94 bits per heavy atom. The first-order valence-corrected chi connectivity index (χ1v) is 10.9. The predicted octanol–water partition coefficient (Wildman–Crippen LogP) is 2.48. The molecule has 3 rings (SSSR count). The average Bonchev–Trinajstić information content (AvgIpc) is 3.18. The molecule has 0 unspecified atom stereocenters. The molecule has 1 amide bonds. The van der Waals surface area contributed by atoms with Crippen LogP contribution in [0.5, 0.6) is 5.75 Å². The molecule has 0 spiro atoms. The number of carbonyl (C=O) groups excluding carboxylic acids is 1. The highest BCUT2D eigenvalue weighted by atomic mass is 16.5. The summed E-state index contributed by atoms with van der Waals surface area (Å²) in [6.45, 7) is 6.49. The van der Waals surface area contributed by atoms with Gasteiger partial charge in [0, 0.05) is 26.7 Å². The molecule has 31 heavy (non-hydrogen) atoms. The lowest BCUT2D eigenvalue weighted by Gasteiger charge is -2.32. The normalized spacial score (nSPS) is 17.5. The third-order valence-corrected chi connectivity index (χ3v) is 6.09. The van der Waals surface area contributed by atoms with Crippen LogP contribution in [0.1, 0.15) is 34.7 Å². The number of carbonyl (C=O) groups is 1. The smallest absolute Gasteiger partial charge is 0.227 e. The van der Waals surface area contributed by atoms with E-state index < -0.39 is 0 Å². The first-order valence-electron chi connectivity index (χ1n) is 10.9. The van der Waals surface area contributed by atoms with E-state index in [9.17, 15) is 9.90 Å². The summed E-state index contributed by atoms with van der Waals surface area (Å²) in [5.74, 6) is 0.755. The Labute approximate surface area is 185 Å².